The van der Waals surface area contributed by atoms with Crippen LogP contribution < -0.4 is 10.2 Å². The Bertz CT molecular complexity index is 579. The summed E-state index contributed by atoms with van der Waals surface area (Å²) in [5.41, 5.74) is 2.40. The summed E-state index contributed by atoms with van der Waals surface area (Å²) in [6.07, 6.45) is 0. The van der Waals surface area contributed by atoms with Gasteiger partial charge < -0.3 is 20.0 Å². The maximum Gasteiger partial charge on any atom is 0.312 e. The number of nitrogens with one attached hydrogen (secondary N) is 1. The molecule has 2 amide bonds. The molecule has 0 spiro atoms. The van der Waals surface area contributed by atoms with Gasteiger partial charge in [0.25, 0.3) is 0 Å². The summed E-state index contributed by atoms with van der Waals surface area (Å²) >= 11 is 0. The van der Waals surface area contributed by atoms with E-state index in [1.807, 2.05) is 6.07 Å². The second-order valence-electron chi connectivity index (χ2n) is 6.40. The van der Waals surface area contributed by atoms with Crippen LogP contribution in [0.25, 0.3) is 0 Å². The molecule has 1 aliphatic heterocycles. The Hall–Kier alpha value is -2.08. The van der Waals surface area contributed by atoms with Crippen LogP contribution in [0.5, 0.6) is 0 Å². The summed E-state index contributed by atoms with van der Waals surface area (Å²) in [7, 11) is 0. The highest BCUT2D eigenvalue weighted by atomic mass is 16.2. The van der Waals surface area contributed by atoms with Crippen molar-refractivity contribution in [2.45, 2.75) is 20.8 Å². The van der Waals surface area contributed by atoms with Crippen molar-refractivity contribution in [1.82, 2.24) is 15.1 Å². The SMILES string of the molecule is CCN(CC)CCNC(=O)C(=O)N1CCN(c2cccc(C)c2)CC1. The summed E-state index contributed by atoms with van der Waals surface area (Å²) in [5, 5.41) is 2.74. The Kier molecular flexibility index (Phi) is 7.25. The van der Waals surface area contributed by atoms with E-state index < -0.39 is 11.8 Å². The van der Waals surface area contributed by atoms with Crippen molar-refractivity contribution >= 4 is 17.5 Å². The molecule has 1 fully saturated rings. The fourth-order valence-corrected chi connectivity index (χ4v) is 3.08. The fraction of sp³-hybridized carbons (Fsp3) is 0.579. The quantitative estimate of drug-likeness (QED) is 0.784. The van der Waals surface area contributed by atoms with Gasteiger partial charge in [-0.15, -0.1) is 0 Å². The van der Waals surface area contributed by atoms with E-state index in [0.717, 1.165) is 32.7 Å². The first-order valence-electron chi connectivity index (χ1n) is 9.16. The zero-order chi connectivity index (χ0) is 18.2. The van der Waals surface area contributed by atoms with Crippen LogP contribution in [-0.2, 0) is 9.59 Å². The van der Waals surface area contributed by atoms with Crippen molar-refractivity contribution in [3.63, 3.8) is 0 Å². The molecule has 1 aromatic rings. The standard InChI is InChI=1S/C19H30N4O2/c1-4-21(5-2)10-9-20-18(24)19(25)23-13-11-22(12-14-23)17-8-6-7-16(3)15-17/h6-8,15H,4-5,9-14H2,1-3H3,(H,20,24). The topological polar surface area (TPSA) is 55.9 Å². The molecular weight excluding hydrogens is 316 g/mol. The van der Waals surface area contributed by atoms with Crippen molar-refractivity contribution in [2.24, 2.45) is 0 Å². The molecule has 6 heteroatoms. The van der Waals surface area contributed by atoms with Gasteiger partial charge in [0, 0.05) is 45.0 Å². The minimum atomic E-state index is -0.490. The number of hydrogen-bond donors (Lipinski definition) is 1. The smallest absolute Gasteiger partial charge is 0.312 e. The van der Waals surface area contributed by atoms with E-state index in [0.29, 0.717) is 19.6 Å². The highest BCUT2D eigenvalue weighted by Crippen LogP contribution is 2.17. The Labute approximate surface area is 150 Å². The highest BCUT2D eigenvalue weighted by Gasteiger charge is 2.25. The van der Waals surface area contributed by atoms with Gasteiger partial charge in [0.2, 0.25) is 0 Å². The molecule has 0 aliphatic carbocycles. The van der Waals surface area contributed by atoms with Gasteiger partial charge in [-0.1, -0.05) is 26.0 Å². The maximum absolute atomic E-state index is 12.3. The van der Waals surface area contributed by atoms with Gasteiger partial charge in [0.05, 0.1) is 0 Å². The van der Waals surface area contributed by atoms with Crippen molar-refractivity contribution in [3.05, 3.63) is 29.8 Å². The maximum atomic E-state index is 12.3. The lowest BCUT2D eigenvalue weighted by molar-refractivity contribution is -0.146. The van der Waals surface area contributed by atoms with Gasteiger partial charge in [-0.3, -0.25) is 9.59 Å². The third-order valence-electron chi connectivity index (χ3n) is 4.74. The lowest BCUT2D eigenvalue weighted by Crippen LogP contribution is -2.53. The molecule has 1 saturated heterocycles. The zero-order valence-corrected chi connectivity index (χ0v) is 15.6. The molecule has 1 heterocycles. The van der Waals surface area contributed by atoms with E-state index in [-0.39, 0.29) is 0 Å². The normalized spacial score (nSPS) is 14.7. The Morgan fingerprint density at radius 1 is 1.12 bits per heavy atom. The Morgan fingerprint density at radius 3 is 2.40 bits per heavy atom. The molecule has 25 heavy (non-hydrogen) atoms. The lowest BCUT2D eigenvalue weighted by Gasteiger charge is -2.35. The number of benzene rings is 1. The average molecular weight is 346 g/mol. The van der Waals surface area contributed by atoms with Crippen LogP contribution in [0.15, 0.2) is 24.3 Å². The van der Waals surface area contributed by atoms with Gasteiger partial charge in [-0.25, -0.2) is 0 Å². The molecular formula is C19H30N4O2. The van der Waals surface area contributed by atoms with Crippen LogP contribution in [0.1, 0.15) is 19.4 Å². The largest absolute Gasteiger partial charge is 0.368 e. The first kappa shape index (κ1) is 19.2. The van der Waals surface area contributed by atoms with Crippen molar-refractivity contribution in [1.29, 1.82) is 0 Å². The van der Waals surface area contributed by atoms with E-state index in [1.54, 1.807) is 4.90 Å². The van der Waals surface area contributed by atoms with Crippen LogP contribution >= 0.6 is 0 Å². The predicted molar refractivity (Wildman–Crippen MR) is 101 cm³/mol. The number of anilines is 1. The van der Waals surface area contributed by atoms with Gasteiger partial charge in [-0.05, 0) is 37.7 Å². The van der Waals surface area contributed by atoms with Gasteiger partial charge in [-0.2, -0.15) is 0 Å². The van der Waals surface area contributed by atoms with E-state index in [4.69, 9.17) is 0 Å². The summed E-state index contributed by atoms with van der Waals surface area (Å²) < 4.78 is 0. The van der Waals surface area contributed by atoms with Gasteiger partial charge in [0.15, 0.2) is 0 Å². The number of likely N-dealkylation sites (N-methyl/N-ethyl adjacent to an activating group) is 1. The molecule has 2 rings (SSSR count). The van der Waals surface area contributed by atoms with E-state index in [1.165, 1.54) is 11.3 Å². The predicted octanol–water partition coefficient (Wildman–Crippen LogP) is 1.10. The molecule has 0 atom stereocenters. The number of nitrogens with zero attached hydrogens (tertiary/aromatic N) is 3. The van der Waals surface area contributed by atoms with Gasteiger partial charge in [0.1, 0.15) is 0 Å². The van der Waals surface area contributed by atoms with Gasteiger partial charge >= 0.3 is 11.8 Å². The third kappa shape index (κ3) is 5.46. The molecule has 0 unspecified atom stereocenters. The molecule has 1 aromatic carbocycles. The number of hydrogen-bond acceptors (Lipinski definition) is 4. The third-order valence-corrected chi connectivity index (χ3v) is 4.74. The minimum Gasteiger partial charge on any atom is -0.368 e. The number of aryl methyl sites for hydroxylation is 1. The summed E-state index contributed by atoms with van der Waals surface area (Å²) in [6, 6.07) is 8.36. The average Bonchev–Trinajstić information content (AvgIpc) is 2.64. The number of amides is 2. The monoisotopic (exact) mass is 346 g/mol. The molecule has 0 aromatic heterocycles. The lowest BCUT2D eigenvalue weighted by atomic mass is 10.2. The molecule has 1 N–H and O–H groups in total. The summed E-state index contributed by atoms with van der Waals surface area (Å²) in [4.78, 5) is 30.5. The number of rotatable bonds is 6. The first-order chi connectivity index (χ1) is 12.0. The molecule has 0 saturated carbocycles. The van der Waals surface area contributed by atoms with E-state index in [2.05, 4.69) is 54.1 Å². The molecule has 6 nitrogen and oxygen atoms in total. The van der Waals surface area contributed by atoms with E-state index >= 15 is 0 Å². The Balaban J connectivity index is 1.77. The van der Waals surface area contributed by atoms with Crippen molar-refractivity contribution in [3.8, 4) is 0 Å². The van der Waals surface area contributed by atoms with E-state index in [9.17, 15) is 9.59 Å². The fourth-order valence-electron chi connectivity index (χ4n) is 3.08. The number of piperazine rings is 1. The second-order valence-corrected chi connectivity index (χ2v) is 6.40. The Morgan fingerprint density at radius 2 is 1.80 bits per heavy atom. The molecule has 138 valence electrons. The second kappa shape index (κ2) is 9.42. The molecule has 0 bridgehead atoms. The van der Waals surface area contributed by atoms with Crippen molar-refractivity contribution < 1.29 is 9.59 Å². The van der Waals surface area contributed by atoms with Crippen LogP contribution in [0.4, 0.5) is 5.69 Å². The highest BCUT2D eigenvalue weighted by molar-refractivity contribution is 6.35. The van der Waals surface area contributed by atoms with Crippen LogP contribution in [0.3, 0.4) is 0 Å². The first-order valence-corrected chi connectivity index (χ1v) is 9.16. The number of carbonyl (C=O) groups excluding carboxylic acids is 2. The van der Waals surface area contributed by atoms with Crippen LogP contribution in [0.2, 0.25) is 0 Å². The number of carbonyl (C=O) groups is 2. The summed E-state index contributed by atoms with van der Waals surface area (Å²) in [6.45, 7) is 12.1. The summed E-state index contributed by atoms with van der Waals surface area (Å²) in [5.74, 6) is -0.903. The minimum absolute atomic E-state index is 0.413. The van der Waals surface area contributed by atoms with Crippen molar-refractivity contribution in [2.75, 3.05) is 57.3 Å². The molecule has 1 aliphatic rings. The van der Waals surface area contributed by atoms with Crippen LogP contribution in [0, 0.1) is 6.92 Å². The van der Waals surface area contributed by atoms with Crippen LogP contribution in [-0.4, -0.2) is 74.0 Å². The molecule has 0 radical (unpaired) electrons. The zero-order valence-electron chi connectivity index (χ0n) is 15.6.